The van der Waals surface area contributed by atoms with Gasteiger partial charge in [-0.2, -0.15) is 5.26 Å². The number of pyridine rings is 1. The minimum Gasteiger partial charge on any atom is -0.507 e. The molecule has 0 bridgehead atoms. The van der Waals surface area contributed by atoms with Crippen molar-refractivity contribution in [1.29, 1.82) is 5.26 Å². The van der Waals surface area contributed by atoms with Crippen LogP contribution in [0.15, 0.2) is 48.8 Å². The quantitative estimate of drug-likeness (QED) is 0.705. The van der Waals surface area contributed by atoms with Gasteiger partial charge in [0, 0.05) is 11.8 Å². The zero-order chi connectivity index (χ0) is 12.5. The number of aromatic nitrogens is 2. The third kappa shape index (κ3) is 1.50. The van der Waals surface area contributed by atoms with E-state index in [-0.39, 0.29) is 5.75 Å². The van der Waals surface area contributed by atoms with Crippen molar-refractivity contribution in [2.75, 3.05) is 0 Å². The number of fused-ring (bicyclic) bond motifs is 1. The molecule has 1 aromatic carbocycles. The SMILES string of the molecule is N#Cc1ccc2ncc(-c3ccccc3O)n2c1. The van der Waals surface area contributed by atoms with E-state index in [4.69, 9.17) is 5.26 Å². The molecular formula is C14H9N3O. The fourth-order valence-corrected chi connectivity index (χ4v) is 1.94. The molecule has 0 saturated heterocycles. The topological polar surface area (TPSA) is 61.3 Å². The molecule has 2 aromatic heterocycles. The first kappa shape index (κ1) is 10.4. The molecule has 0 amide bonds. The highest BCUT2D eigenvalue weighted by atomic mass is 16.3. The maximum absolute atomic E-state index is 9.86. The van der Waals surface area contributed by atoms with Crippen LogP contribution in [-0.4, -0.2) is 14.5 Å². The molecule has 0 spiro atoms. The fourth-order valence-electron chi connectivity index (χ4n) is 1.94. The number of rotatable bonds is 1. The van der Waals surface area contributed by atoms with Crippen molar-refractivity contribution in [2.45, 2.75) is 0 Å². The Kier molecular flexibility index (Phi) is 2.24. The number of benzene rings is 1. The van der Waals surface area contributed by atoms with Crippen LogP contribution in [-0.2, 0) is 0 Å². The van der Waals surface area contributed by atoms with Crippen molar-refractivity contribution in [3.05, 3.63) is 54.4 Å². The number of aromatic hydroxyl groups is 1. The second kappa shape index (κ2) is 3.90. The van der Waals surface area contributed by atoms with Gasteiger partial charge < -0.3 is 5.11 Å². The van der Waals surface area contributed by atoms with Gasteiger partial charge in [0.25, 0.3) is 0 Å². The molecule has 0 fully saturated rings. The summed E-state index contributed by atoms with van der Waals surface area (Å²) in [4.78, 5) is 4.25. The zero-order valence-corrected chi connectivity index (χ0v) is 9.41. The lowest BCUT2D eigenvalue weighted by molar-refractivity contribution is 0.477. The van der Waals surface area contributed by atoms with Crippen LogP contribution < -0.4 is 0 Å². The number of phenols is 1. The molecule has 18 heavy (non-hydrogen) atoms. The van der Waals surface area contributed by atoms with Crippen LogP contribution >= 0.6 is 0 Å². The van der Waals surface area contributed by atoms with E-state index < -0.39 is 0 Å². The summed E-state index contributed by atoms with van der Waals surface area (Å²) in [5.41, 5.74) is 2.75. The lowest BCUT2D eigenvalue weighted by Crippen LogP contribution is -1.90. The summed E-state index contributed by atoms with van der Waals surface area (Å²) in [6.45, 7) is 0. The van der Waals surface area contributed by atoms with E-state index in [2.05, 4.69) is 11.1 Å². The van der Waals surface area contributed by atoms with Crippen LogP contribution in [0, 0.1) is 11.3 Å². The molecule has 4 nitrogen and oxygen atoms in total. The summed E-state index contributed by atoms with van der Waals surface area (Å²) in [6, 6.07) is 12.7. The first-order chi connectivity index (χ1) is 8.79. The highest BCUT2D eigenvalue weighted by Gasteiger charge is 2.09. The number of para-hydroxylation sites is 1. The van der Waals surface area contributed by atoms with E-state index in [9.17, 15) is 5.11 Å². The number of nitrogens with zero attached hydrogens (tertiary/aromatic N) is 3. The summed E-state index contributed by atoms with van der Waals surface area (Å²) in [5.74, 6) is 0.196. The van der Waals surface area contributed by atoms with E-state index in [0.29, 0.717) is 11.1 Å². The average molecular weight is 235 g/mol. The second-order valence-electron chi connectivity index (χ2n) is 3.92. The Labute approximate surface area is 103 Å². The van der Waals surface area contributed by atoms with Crippen molar-refractivity contribution in [2.24, 2.45) is 0 Å². The monoisotopic (exact) mass is 235 g/mol. The van der Waals surface area contributed by atoms with E-state index >= 15 is 0 Å². The van der Waals surface area contributed by atoms with Crippen molar-refractivity contribution in [3.8, 4) is 23.1 Å². The first-order valence-corrected chi connectivity index (χ1v) is 5.45. The second-order valence-corrected chi connectivity index (χ2v) is 3.92. The Hall–Kier alpha value is -2.80. The highest BCUT2D eigenvalue weighted by Crippen LogP contribution is 2.29. The first-order valence-electron chi connectivity index (χ1n) is 5.45. The molecule has 0 saturated carbocycles. The lowest BCUT2D eigenvalue weighted by Gasteiger charge is -2.04. The molecule has 2 heterocycles. The van der Waals surface area contributed by atoms with E-state index in [1.54, 1.807) is 41.1 Å². The molecule has 0 unspecified atom stereocenters. The van der Waals surface area contributed by atoms with Gasteiger partial charge >= 0.3 is 0 Å². The molecule has 3 aromatic rings. The lowest BCUT2D eigenvalue weighted by atomic mass is 10.1. The van der Waals surface area contributed by atoms with Crippen LogP contribution in [0.5, 0.6) is 5.75 Å². The molecule has 4 heteroatoms. The summed E-state index contributed by atoms with van der Waals surface area (Å²) < 4.78 is 1.80. The molecule has 0 aliphatic carbocycles. The van der Waals surface area contributed by atoms with Crippen LogP contribution in [0.2, 0.25) is 0 Å². The number of imidazole rings is 1. The highest BCUT2D eigenvalue weighted by molar-refractivity contribution is 5.69. The van der Waals surface area contributed by atoms with Crippen LogP contribution in [0.25, 0.3) is 16.9 Å². The fraction of sp³-hybridized carbons (Fsp3) is 0. The predicted octanol–water partition coefficient (Wildman–Crippen LogP) is 2.58. The van der Waals surface area contributed by atoms with Gasteiger partial charge in [-0.25, -0.2) is 4.98 Å². The van der Waals surface area contributed by atoms with Gasteiger partial charge in [-0.3, -0.25) is 4.40 Å². The van der Waals surface area contributed by atoms with Crippen LogP contribution in [0.4, 0.5) is 0 Å². The molecule has 0 aliphatic rings. The van der Waals surface area contributed by atoms with E-state index in [1.165, 1.54) is 0 Å². The van der Waals surface area contributed by atoms with Gasteiger partial charge in [-0.15, -0.1) is 0 Å². The maximum atomic E-state index is 9.86. The van der Waals surface area contributed by atoms with Crippen molar-refractivity contribution in [1.82, 2.24) is 9.38 Å². The third-order valence-electron chi connectivity index (χ3n) is 2.81. The minimum absolute atomic E-state index is 0.196. The van der Waals surface area contributed by atoms with Crippen molar-refractivity contribution < 1.29 is 5.11 Å². The number of phenolic OH excluding ortho intramolecular Hbond substituents is 1. The molecule has 86 valence electrons. The minimum atomic E-state index is 0.196. The standard InChI is InChI=1S/C14H9N3O/c15-7-10-5-6-14-16-8-12(17(14)9-10)11-3-1-2-4-13(11)18/h1-6,8-9,18H. The Morgan fingerprint density at radius 1 is 1.17 bits per heavy atom. The number of hydrogen-bond acceptors (Lipinski definition) is 3. The predicted molar refractivity (Wildman–Crippen MR) is 67.0 cm³/mol. The van der Waals surface area contributed by atoms with Crippen LogP contribution in [0.3, 0.4) is 0 Å². The Morgan fingerprint density at radius 2 is 2.00 bits per heavy atom. The molecule has 1 N–H and O–H groups in total. The third-order valence-corrected chi connectivity index (χ3v) is 2.81. The Bertz CT molecular complexity index is 768. The van der Waals surface area contributed by atoms with Crippen LogP contribution in [0.1, 0.15) is 5.56 Å². The maximum Gasteiger partial charge on any atom is 0.137 e. The van der Waals surface area contributed by atoms with Gasteiger partial charge in [-0.05, 0) is 24.3 Å². The molecule has 0 radical (unpaired) electrons. The Morgan fingerprint density at radius 3 is 2.78 bits per heavy atom. The zero-order valence-electron chi connectivity index (χ0n) is 9.41. The number of nitriles is 1. The Balaban J connectivity index is 2.31. The smallest absolute Gasteiger partial charge is 0.137 e. The summed E-state index contributed by atoms with van der Waals surface area (Å²) in [5, 5.41) is 18.8. The number of hydrogen-bond donors (Lipinski definition) is 1. The summed E-state index contributed by atoms with van der Waals surface area (Å²) in [6.07, 6.45) is 3.40. The van der Waals surface area contributed by atoms with Crippen molar-refractivity contribution >= 4 is 5.65 Å². The van der Waals surface area contributed by atoms with Gasteiger partial charge in [0.15, 0.2) is 0 Å². The average Bonchev–Trinajstić information content (AvgIpc) is 2.82. The van der Waals surface area contributed by atoms with Gasteiger partial charge in [-0.1, -0.05) is 12.1 Å². The van der Waals surface area contributed by atoms with Gasteiger partial charge in [0.05, 0.1) is 17.5 Å². The van der Waals surface area contributed by atoms with Gasteiger partial charge in [0.2, 0.25) is 0 Å². The summed E-state index contributed by atoms with van der Waals surface area (Å²) >= 11 is 0. The van der Waals surface area contributed by atoms with Gasteiger partial charge in [0.1, 0.15) is 17.5 Å². The van der Waals surface area contributed by atoms with E-state index in [0.717, 1.165) is 11.3 Å². The normalized spacial score (nSPS) is 10.4. The molecule has 3 rings (SSSR count). The van der Waals surface area contributed by atoms with E-state index in [1.807, 2.05) is 12.1 Å². The summed E-state index contributed by atoms with van der Waals surface area (Å²) in [7, 11) is 0. The molecule has 0 atom stereocenters. The molecule has 0 aliphatic heterocycles. The largest absolute Gasteiger partial charge is 0.507 e. The molecular weight excluding hydrogens is 226 g/mol. The van der Waals surface area contributed by atoms with Crippen molar-refractivity contribution in [3.63, 3.8) is 0 Å².